The fourth-order valence-corrected chi connectivity index (χ4v) is 3.87. The lowest BCUT2D eigenvalue weighted by molar-refractivity contribution is -0.154. The molecule has 0 bridgehead atoms. The van der Waals surface area contributed by atoms with Crippen molar-refractivity contribution in [2.45, 2.75) is 110 Å². The van der Waals surface area contributed by atoms with E-state index in [1.165, 1.54) is 13.2 Å². The third kappa shape index (κ3) is 11.8. The van der Waals surface area contributed by atoms with Gasteiger partial charge in [0.2, 0.25) is 0 Å². The molecule has 9 heteroatoms. The van der Waals surface area contributed by atoms with E-state index in [1.807, 2.05) is 13.8 Å². The molecule has 0 radical (unpaired) electrons. The second-order valence-electron chi connectivity index (χ2n) is 9.33. The topological polar surface area (TPSA) is 131 Å². The van der Waals surface area contributed by atoms with E-state index in [2.05, 4.69) is 0 Å². The van der Waals surface area contributed by atoms with E-state index in [1.54, 1.807) is 26.0 Å². The molecule has 1 rings (SSSR count). The predicted octanol–water partition coefficient (Wildman–Crippen LogP) is 4.80. The van der Waals surface area contributed by atoms with Gasteiger partial charge in [-0.1, -0.05) is 52.5 Å². The summed E-state index contributed by atoms with van der Waals surface area (Å²) in [7, 11) is 1.23. The lowest BCUT2D eigenvalue weighted by atomic mass is 9.86. The van der Waals surface area contributed by atoms with Crippen molar-refractivity contribution in [3.05, 3.63) is 23.8 Å². The van der Waals surface area contributed by atoms with Gasteiger partial charge in [-0.25, -0.2) is 0 Å². The third-order valence-corrected chi connectivity index (χ3v) is 5.81. The standard InChI is InChI=1S/C28H43NO8/c1-6-9-11-13-25(31)36-22-16-15-21(17-23(22)37-26(32)14-12-10-7-2)19-28(29,27(33)34-5)18-20(4)35-24(30)8-3/h15-17,20H,6-14,18-19,29H2,1-5H3/t20-,28?/m0/s1. The first-order chi connectivity index (χ1) is 17.6. The minimum absolute atomic E-state index is 0.0127. The van der Waals surface area contributed by atoms with Crippen LogP contribution in [-0.2, 0) is 35.1 Å². The van der Waals surface area contributed by atoms with Crippen LogP contribution in [0.3, 0.4) is 0 Å². The Hall–Kier alpha value is -2.94. The molecular formula is C28H43NO8. The molecule has 0 saturated carbocycles. The van der Waals surface area contributed by atoms with Gasteiger partial charge in [0.1, 0.15) is 11.6 Å². The fourth-order valence-electron chi connectivity index (χ4n) is 3.87. The van der Waals surface area contributed by atoms with Gasteiger partial charge in [-0.2, -0.15) is 0 Å². The minimum atomic E-state index is -1.51. The molecule has 0 heterocycles. The smallest absolute Gasteiger partial charge is 0.326 e. The van der Waals surface area contributed by atoms with Crippen molar-refractivity contribution in [2.75, 3.05) is 7.11 Å². The van der Waals surface area contributed by atoms with Crippen LogP contribution in [-0.4, -0.2) is 42.6 Å². The third-order valence-electron chi connectivity index (χ3n) is 5.81. The minimum Gasteiger partial charge on any atom is -0.468 e. The van der Waals surface area contributed by atoms with E-state index in [9.17, 15) is 19.2 Å². The number of rotatable bonds is 17. The highest BCUT2D eigenvalue weighted by atomic mass is 16.6. The van der Waals surface area contributed by atoms with Gasteiger partial charge in [-0.05, 0) is 37.5 Å². The summed E-state index contributed by atoms with van der Waals surface area (Å²) in [6, 6.07) is 4.72. The second kappa shape index (κ2) is 16.7. The Labute approximate surface area is 220 Å². The van der Waals surface area contributed by atoms with Gasteiger partial charge in [-0.3, -0.25) is 19.2 Å². The summed E-state index contributed by atoms with van der Waals surface area (Å²) in [5.74, 6) is -1.72. The Morgan fingerprint density at radius 2 is 1.43 bits per heavy atom. The summed E-state index contributed by atoms with van der Waals surface area (Å²) < 4.78 is 21.3. The molecule has 37 heavy (non-hydrogen) atoms. The molecule has 1 aromatic carbocycles. The number of ether oxygens (including phenoxy) is 4. The van der Waals surface area contributed by atoms with Crippen LogP contribution in [0.1, 0.15) is 97.5 Å². The second-order valence-corrected chi connectivity index (χ2v) is 9.33. The van der Waals surface area contributed by atoms with Crippen molar-refractivity contribution in [3.8, 4) is 11.5 Å². The maximum atomic E-state index is 12.6. The van der Waals surface area contributed by atoms with Crippen molar-refractivity contribution in [3.63, 3.8) is 0 Å². The van der Waals surface area contributed by atoms with Gasteiger partial charge in [0.25, 0.3) is 0 Å². The van der Waals surface area contributed by atoms with Crippen molar-refractivity contribution in [1.82, 2.24) is 0 Å². The Kier molecular flexibility index (Phi) is 14.5. The zero-order valence-electron chi connectivity index (χ0n) is 22.9. The Bertz CT molecular complexity index is 900. The summed E-state index contributed by atoms with van der Waals surface area (Å²) in [6.45, 7) is 7.41. The SMILES string of the molecule is CCCCCC(=O)Oc1ccc(CC(N)(C[C@H](C)OC(=O)CC)C(=O)OC)cc1OC(=O)CCCCC. The maximum absolute atomic E-state index is 12.6. The quantitative estimate of drug-likeness (QED) is 0.174. The summed E-state index contributed by atoms with van der Waals surface area (Å²) >= 11 is 0. The van der Waals surface area contributed by atoms with Crippen LogP contribution < -0.4 is 15.2 Å². The number of carbonyl (C=O) groups is 4. The molecule has 0 spiro atoms. The monoisotopic (exact) mass is 521 g/mol. The van der Waals surface area contributed by atoms with Crippen LogP contribution >= 0.6 is 0 Å². The highest BCUT2D eigenvalue weighted by Crippen LogP contribution is 2.32. The van der Waals surface area contributed by atoms with Gasteiger partial charge in [0.05, 0.1) is 7.11 Å². The summed E-state index contributed by atoms with van der Waals surface area (Å²) in [6.07, 6.45) is 5.20. The Balaban J connectivity index is 3.19. The maximum Gasteiger partial charge on any atom is 0.326 e. The number of benzene rings is 1. The molecule has 208 valence electrons. The van der Waals surface area contributed by atoms with E-state index in [4.69, 9.17) is 24.7 Å². The first kappa shape index (κ1) is 32.1. The van der Waals surface area contributed by atoms with Crippen LogP contribution in [0.25, 0.3) is 0 Å². The number of unbranched alkanes of at least 4 members (excludes halogenated alkanes) is 4. The molecule has 2 N–H and O–H groups in total. The summed E-state index contributed by atoms with van der Waals surface area (Å²) in [5, 5.41) is 0. The van der Waals surface area contributed by atoms with Crippen molar-refractivity contribution in [2.24, 2.45) is 5.73 Å². The highest BCUT2D eigenvalue weighted by Gasteiger charge is 2.38. The molecule has 0 aliphatic rings. The number of hydrogen-bond donors (Lipinski definition) is 1. The molecule has 1 aromatic rings. The predicted molar refractivity (Wildman–Crippen MR) is 139 cm³/mol. The van der Waals surface area contributed by atoms with Crippen LogP contribution in [0, 0.1) is 0 Å². The van der Waals surface area contributed by atoms with Gasteiger partial charge in [0, 0.05) is 32.1 Å². The van der Waals surface area contributed by atoms with E-state index in [0.29, 0.717) is 18.4 Å². The molecule has 0 aliphatic heterocycles. The first-order valence-electron chi connectivity index (χ1n) is 13.2. The zero-order valence-corrected chi connectivity index (χ0v) is 22.9. The zero-order chi connectivity index (χ0) is 27.8. The fraction of sp³-hybridized carbons (Fsp3) is 0.643. The lowest BCUT2D eigenvalue weighted by Crippen LogP contribution is -2.53. The molecule has 0 saturated heterocycles. The van der Waals surface area contributed by atoms with Crippen molar-refractivity contribution < 1.29 is 38.1 Å². The van der Waals surface area contributed by atoms with Crippen LogP contribution in [0.2, 0.25) is 0 Å². The molecular weight excluding hydrogens is 478 g/mol. The number of methoxy groups -OCH3 is 1. The molecule has 0 amide bonds. The average Bonchev–Trinajstić information content (AvgIpc) is 2.85. The summed E-state index contributed by atoms with van der Waals surface area (Å²) in [4.78, 5) is 49.1. The van der Waals surface area contributed by atoms with Gasteiger partial charge in [-0.15, -0.1) is 0 Å². The molecule has 0 fully saturated rings. The normalized spacial score (nSPS) is 13.2. The first-order valence-corrected chi connectivity index (χ1v) is 13.2. The number of nitrogens with two attached hydrogens (primary N) is 1. The number of hydrogen-bond acceptors (Lipinski definition) is 9. The van der Waals surface area contributed by atoms with Gasteiger partial charge < -0.3 is 24.7 Å². The van der Waals surface area contributed by atoms with E-state index in [0.717, 1.165) is 25.7 Å². The van der Waals surface area contributed by atoms with Gasteiger partial charge >= 0.3 is 23.9 Å². The van der Waals surface area contributed by atoms with Crippen LogP contribution in [0.4, 0.5) is 0 Å². The molecule has 1 unspecified atom stereocenters. The lowest BCUT2D eigenvalue weighted by Gasteiger charge is -2.29. The van der Waals surface area contributed by atoms with E-state index >= 15 is 0 Å². The summed E-state index contributed by atoms with van der Waals surface area (Å²) in [5.41, 5.74) is 5.51. The van der Waals surface area contributed by atoms with Crippen molar-refractivity contribution >= 4 is 23.9 Å². The van der Waals surface area contributed by atoms with Crippen LogP contribution in [0.5, 0.6) is 11.5 Å². The number of esters is 4. The van der Waals surface area contributed by atoms with Crippen molar-refractivity contribution in [1.29, 1.82) is 0 Å². The Morgan fingerprint density at radius 1 is 0.865 bits per heavy atom. The molecule has 9 nitrogen and oxygen atoms in total. The van der Waals surface area contributed by atoms with Gasteiger partial charge in [0.15, 0.2) is 11.5 Å². The highest BCUT2D eigenvalue weighted by molar-refractivity contribution is 5.81. The van der Waals surface area contributed by atoms with E-state index < -0.39 is 35.5 Å². The molecule has 0 aliphatic carbocycles. The molecule has 0 aromatic heterocycles. The Morgan fingerprint density at radius 3 is 1.95 bits per heavy atom. The number of carbonyl (C=O) groups excluding carboxylic acids is 4. The van der Waals surface area contributed by atoms with E-state index in [-0.39, 0.29) is 43.6 Å². The largest absolute Gasteiger partial charge is 0.468 e. The average molecular weight is 522 g/mol. The van der Waals surface area contributed by atoms with Crippen LogP contribution in [0.15, 0.2) is 18.2 Å². The molecule has 2 atom stereocenters.